The topological polar surface area (TPSA) is 65.7 Å². The van der Waals surface area contributed by atoms with Crippen molar-refractivity contribution in [2.45, 2.75) is 64.8 Å². The van der Waals surface area contributed by atoms with Crippen molar-refractivity contribution in [2.75, 3.05) is 19.4 Å². The van der Waals surface area contributed by atoms with Crippen LogP contribution in [0.25, 0.3) is 0 Å². The minimum atomic E-state index is -0.833. The molecule has 6 heteroatoms. The van der Waals surface area contributed by atoms with Gasteiger partial charge in [0.05, 0.1) is 18.8 Å². The second kappa shape index (κ2) is 8.92. The van der Waals surface area contributed by atoms with Gasteiger partial charge in [0.1, 0.15) is 14.4 Å². The Morgan fingerprint density at radius 1 is 1.40 bits per heavy atom. The van der Waals surface area contributed by atoms with Gasteiger partial charge in [-0.1, -0.05) is 0 Å². The highest BCUT2D eigenvalue weighted by Gasteiger charge is 2.34. The fraction of sp³-hybridized carbons (Fsp3) is 0.929. The Morgan fingerprint density at radius 2 is 2.05 bits per heavy atom. The van der Waals surface area contributed by atoms with Gasteiger partial charge in [0.15, 0.2) is 0 Å². The van der Waals surface area contributed by atoms with Gasteiger partial charge in [-0.15, -0.1) is 0 Å². The van der Waals surface area contributed by atoms with Crippen molar-refractivity contribution in [3.8, 4) is 6.07 Å². The van der Waals surface area contributed by atoms with E-state index in [0.29, 0.717) is 25.1 Å². The van der Waals surface area contributed by atoms with Crippen LogP contribution in [0.4, 0.5) is 0 Å². The highest BCUT2D eigenvalue weighted by Crippen LogP contribution is 2.47. The second-order valence-electron chi connectivity index (χ2n) is 5.58. The summed E-state index contributed by atoms with van der Waals surface area (Å²) in [6.45, 7) is 9.25. The first kappa shape index (κ1) is 17.8. The lowest BCUT2D eigenvalue weighted by molar-refractivity contribution is 0.0132. The van der Waals surface area contributed by atoms with Crippen LogP contribution in [0.2, 0.25) is 0 Å². The fourth-order valence-electron chi connectivity index (χ4n) is 2.56. The van der Waals surface area contributed by atoms with E-state index >= 15 is 0 Å². The zero-order chi connectivity index (χ0) is 15.1. The average molecular weight is 302 g/mol. The summed E-state index contributed by atoms with van der Waals surface area (Å²) in [6.07, 6.45) is 1.80. The minimum Gasteiger partial charge on any atom is -0.394 e. The summed E-state index contributed by atoms with van der Waals surface area (Å²) in [5, 5.41) is 18.2. The number of nitrogens with zero attached hydrogens (tertiary/aromatic N) is 2. The molecule has 1 saturated heterocycles. The van der Waals surface area contributed by atoms with E-state index in [0.717, 1.165) is 12.6 Å². The van der Waals surface area contributed by atoms with Crippen LogP contribution < -0.4 is 0 Å². The zero-order valence-electron chi connectivity index (χ0n) is 13.0. The number of nitriles is 1. The van der Waals surface area contributed by atoms with Crippen LogP contribution in [-0.4, -0.2) is 53.4 Å². The molecule has 0 amide bonds. The van der Waals surface area contributed by atoms with Crippen molar-refractivity contribution in [3.05, 3.63) is 0 Å². The molecule has 116 valence electrons. The van der Waals surface area contributed by atoms with E-state index in [9.17, 15) is 5.11 Å². The molecule has 20 heavy (non-hydrogen) atoms. The van der Waals surface area contributed by atoms with Crippen LogP contribution in [-0.2, 0) is 9.26 Å². The molecule has 1 N–H and O–H groups in total. The predicted molar refractivity (Wildman–Crippen MR) is 80.4 cm³/mol. The third-order valence-corrected chi connectivity index (χ3v) is 5.88. The quantitative estimate of drug-likeness (QED) is 0.698. The summed E-state index contributed by atoms with van der Waals surface area (Å²) in [6, 6.07) is 2.95. The number of rotatable bonds is 8. The van der Waals surface area contributed by atoms with Gasteiger partial charge in [0.2, 0.25) is 0 Å². The van der Waals surface area contributed by atoms with E-state index in [1.54, 1.807) is 0 Å². The SMILES string of the molecule is CC(C)N(C(C)C)P(CCC#N)OC1CCOC1CO. The molecule has 0 aromatic carbocycles. The maximum absolute atomic E-state index is 9.32. The van der Waals surface area contributed by atoms with Crippen LogP contribution >= 0.6 is 8.30 Å². The summed E-state index contributed by atoms with van der Waals surface area (Å²) in [5.41, 5.74) is 0. The summed E-state index contributed by atoms with van der Waals surface area (Å²) in [7, 11) is -0.833. The van der Waals surface area contributed by atoms with Crippen molar-refractivity contribution >= 4 is 8.30 Å². The highest BCUT2D eigenvalue weighted by molar-refractivity contribution is 7.50. The van der Waals surface area contributed by atoms with Gasteiger partial charge in [-0.2, -0.15) is 5.26 Å². The third-order valence-electron chi connectivity index (χ3n) is 3.32. The third kappa shape index (κ3) is 4.95. The van der Waals surface area contributed by atoms with Crippen molar-refractivity contribution < 1.29 is 14.4 Å². The summed E-state index contributed by atoms with van der Waals surface area (Å²) < 4.78 is 14.1. The van der Waals surface area contributed by atoms with Crippen LogP contribution in [0.3, 0.4) is 0 Å². The molecule has 0 bridgehead atoms. The molecule has 3 atom stereocenters. The molecule has 0 aromatic heterocycles. The average Bonchev–Trinajstić information content (AvgIpc) is 2.82. The van der Waals surface area contributed by atoms with E-state index in [1.165, 1.54) is 0 Å². The molecular formula is C14H27N2O3P. The van der Waals surface area contributed by atoms with Gasteiger partial charge in [0, 0.05) is 31.3 Å². The molecular weight excluding hydrogens is 275 g/mol. The Balaban J connectivity index is 2.74. The van der Waals surface area contributed by atoms with E-state index in [2.05, 4.69) is 38.4 Å². The number of aliphatic hydroxyl groups is 1. The molecule has 3 unspecified atom stereocenters. The van der Waals surface area contributed by atoms with Crippen LogP contribution in [0.1, 0.15) is 40.5 Å². The first-order valence-electron chi connectivity index (χ1n) is 7.33. The molecule has 0 aliphatic carbocycles. The molecule has 0 radical (unpaired) electrons. The first-order chi connectivity index (χ1) is 9.51. The van der Waals surface area contributed by atoms with E-state index < -0.39 is 8.30 Å². The first-order valence-corrected chi connectivity index (χ1v) is 8.73. The molecule has 1 heterocycles. The normalized spacial score (nSPS) is 24.6. The van der Waals surface area contributed by atoms with Crippen molar-refractivity contribution in [1.82, 2.24) is 4.67 Å². The lowest BCUT2D eigenvalue weighted by Crippen LogP contribution is -2.36. The van der Waals surface area contributed by atoms with Gasteiger partial charge < -0.3 is 14.4 Å². The Labute approximate surface area is 123 Å². The van der Waals surface area contributed by atoms with Gasteiger partial charge >= 0.3 is 0 Å². The Hall–Kier alpha value is -0.240. The number of ether oxygens (including phenoxy) is 1. The van der Waals surface area contributed by atoms with E-state index in [4.69, 9.17) is 14.5 Å². The van der Waals surface area contributed by atoms with Gasteiger partial charge in [0.25, 0.3) is 0 Å². The molecule has 1 fully saturated rings. The molecule has 1 aliphatic rings. The largest absolute Gasteiger partial charge is 0.394 e. The smallest absolute Gasteiger partial charge is 0.107 e. The summed E-state index contributed by atoms with van der Waals surface area (Å²) in [5.74, 6) is 0. The van der Waals surface area contributed by atoms with Gasteiger partial charge in [-0.25, -0.2) is 0 Å². The molecule has 1 rings (SSSR count). The molecule has 0 aromatic rings. The number of hydrogen-bond acceptors (Lipinski definition) is 5. The van der Waals surface area contributed by atoms with Crippen LogP contribution in [0.5, 0.6) is 0 Å². The standard InChI is InChI=1S/C14H27N2O3P/c1-11(2)16(12(3)4)20(9-5-7-15)19-13-6-8-18-14(13)10-17/h11-14,17H,5-6,8-10H2,1-4H3. The highest BCUT2D eigenvalue weighted by atomic mass is 31.2. The summed E-state index contributed by atoms with van der Waals surface area (Å²) in [4.78, 5) is 0. The molecule has 0 spiro atoms. The van der Waals surface area contributed by atoms with Gasteiger partial charge in [-0.3, -0.25) is 4.67 Å². The van der Waals surface area contributed by atoms with E-state index in [-0.39, 0.29) is 18.8 Å². The zero-order valence-corrected chi connectivity index (χ0v) is 13.8. The van der Waals surface area contributed by atoms with Crippen molar-refractivity contribution in [3.63, 3.8) is 0 Å². The predicted octanol–water partition coefficient (Wildman–Crippen LogP) is 2.50. The lowest BCUT2D eigenvalue weighted by Gasteiger charge is -2.38. The Morgan fingerprint density at radius 3 is 2.55 bits per heavy atom. The minimum absolute atomic E-state index is 0.00452. The Kier molecular flexibility index (Phi) is 7.94. The molecule has 0 saturated carbocycles. The monoisotopic (exact) mass is 302 g/mol. The molecule has 1 aliphatic heterocycles. The maximum atomic E-state index is 9.32. The number of aliphatic hydroxyl groups excluding tert-OH is 1. The van der Waals surface area contributed by atoms with Gasteiger partial charge in [-0.05, 0) is 34.1 Å². The Bertz CT molecular complexity index is 312. The molecule has 5 nitrogen and oxygen atoms in total. The van der Waals surface area contributed by atoms with Crippen molar-refractivity contribution in [2.24, 2.45) is 0 Å². The van der Waals surface area contributed by atoms with Crippen LogP contribution in [0, 0.1) is 11.3 Å². The van der Waals surface area contributed by atoms with Crippen LogP contribution in [0.15, 0.2) is 0 Å². The number of hydrogen-bond donors (Lipinski definition) is 1. The van der Waals surface area contributed by atoms with Crippen molar-refractivity contribution in [1.29, 1.82) is 5.26 Å². The second-order valence-corrected chi connectivity index (χ2v) is 7.40. The fourth-order valence-corrected chi connectivity index (χ4v) is 4.88. The maximum Gasteiger partial charge on any atom is 0.107 e. The lowest BCUT2D eigenvalue weighted by atomic mass is 10.2. The summed E-state index contributed by atoms with van der Waals surface area (Å²) >= 11 is 0. The van der Waals surface area contributed by atoms with E-state index in [1.807, 2.05) is 0 Å².